The van der Waals surface area contributed by atoms with Gasteiger partial charge in [0.2, 0.25) is 0 Å². The van der Waals surface area contributed by atoms with Crippen LogP contribution in [0.1, 0.15) is 42.4 Å². The smallest absolute Gasteiger partial charge is 0.0757 e. The molecule has 1 saturated heterocycles. The van der Waals surface area contributed by atoms with Crippen LogP contribution in [-0.2, 0) is 24.1 Å². The van der Waals surface area contributed by atoms with Crippen molar-refractivity contribution >= 4 is 0 Å². The van der Waals surface area contributed by atoms with Gasteiger partial charge in [0, 0.05) is 19.2 Å². The molecule has 19 heavy (non-hydrogen) atoms. The van der Waals surface area contributed by atoms with Crippen molar-refractivity contribution in [2.24, 2.45) is 5.92 Å². The van der Waals surface area contributed by atoms with Crippen molar-refractivity contribution in [3.8, 4) is 0 Å². The Morgan fingerprint density at radius 1 is 1.11 bits per heavy atom. The number of nitrogens with one attached hydrogen (secondary N) is 1. The van der Waals surface area contributed by atoms with Gasteiger partial charge in [-0.15, -0.1) is 0 Å². The van der Waals surface area contributed by atoms with Crippen LogP contribution in [-0.4, -0.2) is 18.8 Å². The average Bonchev–Trinajstić information content (AvgIpc) is 3.00. The average molecular weight is 257 g/mol. The van der Waals surface area contributed by atoms with E-state index in [2.05, 4.69) is 23.5 Å². The largest absolute Gasteiger partial charge is 0.376 e. The van der Waals surface area contributed by atoms with Gasteiger partial charge in [0.15, 0.2) is 0 Å². The molecule has 2 heteroatoms. The number of fused-ring (bicyclic) bond motifs is 1. The van der Waals surface area contributed by atoms with Crippen molar-refractivity contribution in [2.75, 3.05) is 6.61 Å². The first-order valence-corrected chi connectivity index (χ1v) is 7.86. The van der Waals surface area contributed by atoms with E-state index in [1.165, 1.54) is 44.1 Å². The maximum absolute atomic E-state index is 5.89. The first kappa shape index (κ1) is 11.9. The van der Waals surface area contributed by atoms with E-state index >= 15 is 0 Å². The first-order valence-electron chi connectivity index (χ1n) is 7.86. The highest BCUT2D eigenvalue weighted by Gasteiger charge is 2.40. The number of aryl methyl sites for hydroxylation is 2. The summed E-state index contributed by atoms with van der Waals surface area (Å²) in [5, 5.41) is 3.74. The summed E-state index contributed by atoms with van der Waals surface area (Å²) >= 11 is 0. The highest BCUT2D eigenvalue weighted by atomic mass is 16.5. The fourth-order valence-corrected chi connectivity index (χ4v) is 3.70. The van der Waals surface area contributed by atoms with Crippen LogP contribution >= 0.6 is 0 Å². The fourth-order valence-electron chi connectivity index (χ4n) is 3.70. The first-order chi connectivity index (χ1) is 9.40. The molecule has 0 bridgehead atoms. The van der Waals surface area contributed by atoms with Crippen molar-refractivity contribution in [3.63, 3.8) is 0 Å². The van der Waals surface area contributed by atoms with Gasteiger partial charge in [0.05, 0.1) is 6.10 Å². The van der Waals surface area contributed by atoms with Gasteiger partial charge < -0.3 is 10.1 Å². The Hall–Kier alpha value is -0.860. The summed E-state index contributed by atoms with van der Waals surface area (Å²) in [5.74, 6) is 0.847. The van der Waals surface area contributed by atoms with Crippen LogP contribution in [0.25, 0.3) is 0 Å². The summed E-state index contributed by atoms with van der Waals surface area (Å²) in [5.41, 5.74) is 4.60. The quantitative estimate of drug-likeness (QED) is 0.895. The van der Waals surface area contributed by atoms with E-state index in [-0.39, 0.29) is 0 Å². The molecule has 2 aliphatic carbocycles. The van der Waals surface area contributed by atoms with Crippen LogP contribution in [0.4, 0.5) is 0 Å². The summed E-state index contributed by atoms with van der Waals surface area (Å²) in [6, 6.07) is 7.64. The molecular formula is C17H23NO. The van der Waals surface area contributed by atoms with Gasteiger partial charge >= 0.3 is 0 Å². The van der Waals surface area contributed by atoms with E-state index in [1.54, 1.807) is 11.1 Å². The predicted octanol–water partition coefficient (Wildman–Crippen LogP) is 2.83. The molecule has 0 amide bonds. The molecule has 4 rings (SSSR count). The lowest BCUT2D eigenvalue weighted by atomic mass is 10.0. The van der Waals surface area contributed by atoms with Crippen molar-refractivity contribution < 1.29 is 4.74 Å². The third-order valence-corrected chi connectivity index (χ3v) is 4.95. The third kappa shape index (κ3) is 2.44. The van der Waals surface area contributed by atoms with E-state index in [0.717, 1.165) is 19.1 Å². The molecule has 102 valence electrons. The minimum atomic E-state index is 0.495. The van der Waals surface area contributed by atoms with Gasteiger partial charge in [-0.25, -0.2) is 0 Å². The van der Waals surface area contributed by atoms with Crippen LogP contribution in [0.3, 0.4) is 0 Å². The van der Waals surface area contributed by atoms with Crippen LogP contribution in [0, 0.1) is 5.92 Å². The van der Waals surface area contributed by atoms with Crippen molar-refractivity contribution in [2.45, 2.75) is 57.2 Å². The Morgan fingerprint density at radius 2 is 2.00 bits per heavy atom. The van der Waals surface area contributed by atoms with E-state index < -0.39 is 0 Å². The van der Waals surface area contributed by atoms with Gasteiger partial charge in [-0.3, -0.25) is 0 Å². The molecule has 2 unspecified atom stereocenters. The molecule has 1 heterocycles. The topological polar surface area (TPSA) is 21.3 Å². The Balaban J connectivity index is 1.39. The van der Waals surface area contributed by atoms with Gasteiger partial charge in [-0.05, 0) is 61.1 Å². The van der Waals surface area contributed by atoms with Crippen molar-refractivity contribution in [3.05, 3.63) is 34.9 Å². The molecule has 1 saturated carbocycles. The van der Waals surface area contributed by atoms with Crippen LogP contribution in [0.2, 0.25) is 0 Å². The molecule has 1 aromatic carbocycles. The van der Waals surface area contributed by atoms with Crippen molar-refractivity contribution in [1.82, 2.24) is 5.32 Å². The minimum Gasteiger partial charge on any atom is -0.376 e. The van der Waals surface area contributed by atoms with Gasteiger partial charge in [0.25, 0.3) is 0 Å². The summed E-state index contributed by atoms with van der Waals surface area (Å²) in [6.45, 7) is 1.95. The number of hydrogen-bond acceptors (Lipinski definition) is 2. The lowest BCUT2D eigenvalue weighted by molar-refractivity contribution is 0.0809. The summed E-state index contributed by atoms with van der Waals surface area (Å²) < 4.78 is 5.89. The zero-order chi connectivity index (χ0) is 12.7. The third-order valence-electron chi connectivity index (χ3n) is 4.95. The van der Waals surface area contributed by atoms with Crippen LogP contribution < -0.4 is 5.32 Å². The SMILES string of the molecule is c1cc2c(cc1CNC1CCOC1C1CC1)CCC2. The predicted molar refractivity (Wildman–Crippen MR) is 76.2 cm³/mol. The number of rotatable bonds is 4. The van der Waals surface area contributed by atoms with Gasteiger partial charge in [-0.1, -0.05) is 18.2 Å². The van der Waals surface area contributed by atoms with Crippen LogP contribution in [0.15, 0.2) is 18.2 Å². The lowest BCUT2D eigenvalue weighted by Crippen LogP contribution is -2.37. The summed E-state index contributed by atoms with van der Waals surface area (Å²) in [6.07, 6.45) is 8.33. The van der Waals surface area contributed by atoms with Crippen LogP contribution in [0.5, 0.6) is 0 Å². The fraction of sp³-hybridized carbons (Fsp3) is 0.647. The van der Waals surface area contributed by atoms with Crippen molar-refractivity contribution in [1.29, 1.82) is 0 Å². The highest BCUT2D eigenvalue weighted by Crippen LogP contribution is 2.38. The number of ether oxygens (including phenoxy) is 1. The Bertz CT molecular complexity index is 466. The molecule has 1 N–H and O–H groups in total. The second-order valence-corrected chi connectivity index (χ2v) is 6.41. The molecule has 0 radical (unpaired) electrons. The maximum atomic E-state index is 5.89. The molecule has 2 atom stereocenters. The molecule has 0 aromatic heterocycles. The van der Waals surface area contributed by atoms with E-state index in [0.29, 0.717) is 12.1 Å². The van der Waals surface area contributed by atoms with Gasteiger partial charge in [-0.2, -0.15) is 0 Å². The second-order valence-electron chi connectivity index (χ2n) is 6.41. The highest BCUT2D eigenvalue weighted by molar-refractivity contribution is 5.35. The molecule has 2 nitrogen and oxygen atoms in total. The second kappa shape index (κ2) is 4.92. The van der Waals surface area contributed by atoms with Gasteiger partial charge in [0.1, 0.15) is 0 Å². The lowest BCUT2D eigenvalue weighted by Gasteiger charge is -2.19. The Labute approximate surface area is 115 Å². The maximum Gasteiger partial charge on any atom is 0.0757 e. The minimum absolute atomic E-state index is 0.495. The number of benzene rings is 1. The molecule has 2 fully saturated rings. The zero-order valence-electron chi connectivity index (χ0n) is 11.5. The van der Waals surface area contributed by atoms with E-state index in [1.807, 2.05) is 0 Å². The van der Waals surface area contributed by atoms with E-state index in [9.17, 15) is 0 Å². The molecule has 0 spiro atoms. The summed E-state index contributed by atoms with van der Waals surface area (Å²) in [7, 11) is 0. The Morgan fingerprint density at radius 3 is 2.89 bits per heavy atom. The number of hydrogen-bond donors (Lipinski definition) is 1. The van der Waals surface area contributed by atoms with E-state index in [4.69, 9.17) is 4.74 Å². The zero-order valence-corrected chi connectivity index (χ0v) is 11.5. The monoisotopic (exact) mass is 257 g/mol. The normalized spacial score (nSPS) is 29.7. The Kier molecular flexibility index (Phi) is 3.08. The molecule has 1 aromatic rings. The molecular weight excluding hydrogens is 234 g/mol. The summed E-state index contributed by atoms with van der Waals surface area (Å²) in [4.78, 5) is 0. The molecule has 3 aliphatic rings. The standard InChI is InChI=1S/C17H23NO/c1-2-13-5-4-12(10-15(13)3-1)11-18-16-8-9-19-17(16)14-6-7-14/h4-5,10,14,16-18H,1-3,6-9,11H2. The molecule has 1 aliphatic heterocycles.